The molecule has 1 N–H and O–H groups in total. The monoisotopic (exact) mass is 247 g/mol. The third-order valence-electron chi connectivity index (χ3n) is 3.64. The van der Waals surface area contributed by atoms with Crippen molar-refractivity contribution in [3.8, 4) is 0 Å². The number of halogens is 1. The molecule has 1 aliphatic heterocycles. The molecule has 1 saturated heterocycles. The van der Waals surface area contributed by atoms with E-state index in [1.807, 2.05) is 0 Å². The van der Waals surface area contributed by atoms with Crippen molar-refractivity contribution in [2.24, 2.45) is 5.41 Å². The molecule has 16 heavy (non-hydrogen) atoms. The zero-order valence-corrected chi connectivity index (χ0v) is 11.0. The molecule has 1 amide bonds. The summed E-state index contributed by atoms with van der Waals surface area (Å²) in [5.41, 5.74) is 0.0375. The largest absolute Gasteiger partial charge is 0.368 e. The number of carbonyl (C=O) groups excluding carboxylic acids is 1. The van der Waals surface area contributed by atoms with E-state index in [-0.39, 0.29) is 17.4 Å². The minimum atomic E-state index is -0.235. The molecule has 1 aliphatic rings. The van der Waals surface area contributed by atoms with Gasteiger partial charge in [-0.3, -0.25) is 4.79 Å². The average Bonchev–Trinajstić information content (AvgIpc) is 2.85. The number of hydrogen-bond acceptors (Lipinski definition) is 2. The van der Waals surface area contributed by atoms with Crippen LogP contribution in [0.4, 0.5) is 0 Å². The SMILES string of the molecule is CCC(CC)(CCl)CNC(=O)C1CCCO1. The molecule has 4 heteroatoms. The van der Waals surface area contributed by atoms with E-state index in [1.165, 1.54) is 0 Å². The van der Waals surface area contributed by atoms with Crippen molar-refractivity contribution in [1.82, 2.24) is 5.32 Å². The molecule has 0 saturated carbocycles. The first-order chi connectivity index (χ1) is 7.67. The summed E-state index contributed by atoms with van der Waals surface area (Å²) < 4.78 is 5.34. The highest BCUT2D eigenvalue weighted by Crippen LogP contribution is 2.27. The molecule has 0 radical (unpaired) electrons. The number of ether oxygens (including phenoxy) is 1. The standard InChI is InChI=1S/C12H22ClNO2/c1-3-12(4-2,8-13)9-14-11(15)10-6-5-7-16-10/h10H,3-9H2,1-2H3,(H,14,15). The second kappa shape index (κ2) is 6.45. The highest BCUT2D eigenvalue weighted by atomic mass is 35.5. The number of rotatable bonds is 6. The fourth-order valence-corrected chi connectivity index (χ4v) is 2.38. The van der Waals surface area contributed by atoms with Crippen LogP contribution in [0.3, 0.4) is 0 Å². The van der Waals surface area contributed by atoms with E-state index in [0.717, 1.165) is 25.7 Å². The number of alkyl halides is 1. The van der Waals surface area contributed by atoms with Crippen LogP contribution in [0.15, 0.2) is 0 Å². The number of hydrogen-bond donors (Lipinski definition) is 1. The molecular weight excluding hydrogens is 226 g/mol. The first kappa shape index (κ1) is 13.8. The summed E-state index contributed by atoms with van der Waals surface area (Å²) in [6, 6.07) is 0. The molecular formula is C12H22ClNO2. The predicted molar refractivity (Wildman–Crippen MR) is 65.7 cm³/mol. The summed E-state index contributed by atoms with van der Waals surface area (Å²) in [4.78, 5) is 11.8. The summed E-state index contributed by atoms with van der Waals surface area (Å²) >= 11 is 5.99. The Bertz CT molecular complexity index is 215. The van der Waals surface area contributed by atoms with Gasteiger partial charge in [-0.25, -0.2) is 0 Å². The van der Waals surface area contributed by atoms with Gasteiger partial charge in [-0.2, -0.15) is 0 Å². The number of carbonyl (C=O) groups is 1. The van der Waals surface area contributed by atoms with Gasteiger partial charge in [-0.05, 0) is 25.7 Å². The minimum absolute atomic E-state index is 0.0221. The Hall–Kier alpha value is -0.280. The van der Waals surface area contributed by atoms with Crippen LogP contribution >= 0.6 is 11.6 Å². The lowest BCUT2D eigenvalue weighted by molar-refractivity contribution is -0.130. The van der Waals surface area contributed by atoms with Gasteiger partial charge in [0.05, 0.1) is 0 Å². The third kappa shape index (κ3) is 3.36. The first-order valence-electron chi connectivity index (χ1n) is 6.12. The van der Waals surface area contributed by atoms with E-state index in [0.29, 0.717) is 19.0 Å². The van der Waals surface area contributed by atoms with E-state index >= 15 is 0 Å². The molecule has 0 aromatic carbocycles. The van der Waals surface area contributed by atoms with Crippen molar-refractivity contribution >= 4 is 17.5 Å². The maximum absolute atomic E-state index is 11.8. The Labute approximate surface area is 103 Å². The van der Waals surface area contributed by atoms with E-state index in [4.69, 9.17) is 16.3 Å². The lowest BCUT2D eigenvalue weighted by Gasteiger charge is -2.29. The zero-order chi connectivity index (χ0) is 12.0. The van der Waals surface area contributed by atoms with Crippen molar-refractivity contribution < 1.29 is 9.53 Å². The molecule has 1 atom stereocenters. The summed E-state index contributed by atoms with van der Waals surface area (Å²) in [5.74, 6) is 0.611. The van der Waals surface area contributed by atoms with Crippen LogP contribution in [0.2, 0.25) is 0 Å². The second-order valence-electron chi connectivity index (χ2n) is 4.56. The van der Waals surface area contributed by atoms with Crippen LogP contribution in [-0.2, 0) is 9.53 Å². The Kier molecular flexibility index (Phi) is 5.56. The highest BCUT2D eigenvalue weighted by Gasteiger charge is 2.28. The highest BCUT2D eigenvalue weighted by molar-refractivity contribution is 6.18. The molecule has 3 nitrogen and oxygen atoms in total. The molecule has 0 bridgehead atoms. The van der Waals surface area contributed by atoms with Gasteiger partial charge >= 0.3 is 0 Å². The molecule has 1 heterocycles. The summed E-state index contributed by atoms with van der Waals surface area (Å²) in [5, 5.41) is 2.97. The molecule has 94 valence electrons. The zero-order valence-electron chi connectivity index (χ0n) is 10.2. The summed E-state index contributed by atoms with van der Waals surface area (Å²) in [6.07, 6.45) is 3.57. The smallest absolute Gasteiger partial charge is 0.249 e. The van der Waals surface area contributed by atoms with Gasteiger partial charge in [0.1, 0.15) is 6.10 Å². The molecule has 1 rings (SSSR count). The van der Waals surface area contributed by atoms with Gasteiger partial charge in [-0.15, -0.1) is 11.6 Å². The Morgan fingerprint density at radius 2 is 2.19 bits per heavy atom. The molecule has 0 aromatic rings. The molecule has 1 fully saturated rings. The summed E-state index contributed by atoms with van der Waals surface area (Å²) in [7, 11) is 0. The topological polar surface area (TPSA) is 38.3 Å². The van der Waals surface area contributed by atoms with Crippen molar-refractivity contribution in [2.45, 2.75) is 45.6 Å². The maximum Gasteiger partial charge on any atom is 0.249 e. The second-order valence-corrected chi connectivity index (χ2v) is 4.83. The predicted octanol–water partition coefficient (Wildman–Crippen LogP) is 2.33. The van der Waals surface area contributed by atoms with Crippen LogP contribution in [0.1, 0.15) is 39.5 Å². The van der Waals surface area contributed by atoms with Crippen LogP contribution < -0.4 is 5.32 Å². The Morgan fingerprint density at radius 1 is 1.50 bits per heavy atom. The van der Waals surface area contributed by atoms with Crippen molar-refractivity contribution in [3.05, 3.63) is 0 Å². The normalized spacial score (nSPS) is 21.1. The summed E-state index contributed by atoms with van der Waals surface area (Å²) in [6.45, 7) is 5.59. The van der Waals surface area contributed by atoms with Gasteiger partial charge in [-0.1, -0.05) is 13.8 Å². The van der Waals surface area contributed by atoms with E-state index in [9.17, 15) is 4.79 Å². The maximum atomic E-state index is 11.8. The molecule has 0 aliphatic carbocycles. The molecule has 0 spiro atoms. The fourth-order valence-electron chi connectivity index (χ4n) is 1.91. The van der Waals surface area contributed by atoms with Gasteiger partial charge in [0.2, 0.25) is 5.91 Å². The van der Waals surface area contributed by atoms with Gasteiger partial charge < -0.3 is 10.1 Å². The number of nitrogens with one attached hydrogen (secondary N) is 1. The van der Waals surface area contributed by atoms with Crippen molar-refractivity contribution in [2.75, 3.05) is 19.0 Å². The van der Waals surface area contributed by atoms with Gasteiger partial charge in [0, 0.05) is 24.4 Å². The molecule has 0 aromatic heterocycles. The van der Waals surface area contributed by atoms with E-state index < -0.39 is 0 Å². The Morgan fingerprint density at radius 3 is 2.62 bits per heavy atom. The molecule has 1 unspecified atom stereocenters. The quantitative estimate of drug-likeness (QED) is 0.732. The first-order valence-corrected chi connectivity index (χ1v) is 6.66. The van der Waals surface area contributed by atoms with Gasteiger partial charge in [0.25, 0.3) is 0 Å². The van der Waals surface area contributed by atoms with Crippen LogP contribution in [0, 0.1) is 5.41 Å². The number of amides is 1. The lowest BCUT2D eigenvalue weighted by Crippen LogP contribution is -2.42. The minimum Gasteiger partial charge on any atom is -0.368 e. The van der Waals surface area contributed by atoms with Crippen LogP contribution in [-0.4, -0.2) is 31.0 Å². The average molecular weight is 248 g/mol. The van der Waals surface area contributed by atoms with Crippen LogP contribution in [0.5, 0.6) is 0 Å². The van der Waals surface area contributed by atoms with Crippen molar-refractivity contribution in [1.29, 1.82) is 0 Å². The van der Waals surface area contributed by atoms with Crippen LogP contribution in [0.25, 0.3) is 0 Å². The Balaban J connectivity index is 2.39. The van der Waals surface area contributed by atoms with Crippen molar-refractivity contribution in [3.63, 3.8) is 0 Å². The fraction of sp³-hybridized carbons (Fsp3) is 0.917. The lowest BCUT2D eigenvalue weighted by atomic mass is 9.84. The van der Waals surface area contributed by atoms with E-state index in [1.54, 1.807) is 0 Å². The third-order valence-corrected chi connectivity index (χ3v) is 4.21. The van der Waals surface area contributed by atoms with E-state index in [2.05, 4.69) is 19.2 Å². The van der Waals surface area contributed by atoms with Gasteiger partial charge in [0.15, 0.2) is 0 Å².